The Labute approximate surface area is 112 Å². The zero-order valence-electron chi connectivity index (χ0n) is 11.0. The summed E-state index contributed by atoms with van der Waals surface area (Å²) in [4.78, 5) is 11.0. The third-order valence-electron chi connectivity index (χ3n) is 2.13. The Morgan fingerprint density at radius 2 is 1.15 bits per heavy atom. The molecule has 20 heavy (non-hydrogen) atoms. The Morgan fingerprint density at radius 1 is 0.850 bits per heavy atom. The third kappa shape index (κ3) is 11.9. The predicted molar refractivity (Wildman–Crippen MR) is 57.0 cm³/mol. The van der Waals surface area contributed by atoms with E-state index < -0.39 is 56.4 Å². The van der Waals surface area contributed by atoms with Crippen LogP contribution in [0.4, 0.5) is 31.1 Å². The van der Waals surface area contributed by atoms with Gasteiger partial charge in [-0.05, 0) is 11.8 Å². The lowest BCUT2D eigenvalue weighted by Crippen LogP contribution is -2.22. The number of alkyl halides is 6. The molecule has 0 spiro atoms. The van der Waals surface area contributed by atoms with Crippen molar-refractivity contribution in [3.05, 3.63) is 0 Å². The van der Waals surface area contributed by atoms with Crippen LogP contribution in [0.5, 0.6) is 0 Å². The molecule has 0 rings (SSSR count). The Morgan fingerprint density at radius 3 is 1.40 bits per heavy atom. The van der Waals surface area contributed by atoms with Crippen LogP contribution in [0.1, 0.15) is 26.7 Å². The van der Waals surface area contributed by atoms with Crippen LogP contribution in [0.25, 0.3) is 0 Å². The minimum Gasteiger partial charge on any atom is -0.434 e. The van der Waals surface area contributed by atoms with Gasteiger partial charge in [0, 0.05) is 12.8 Å². The van der Waals surface area contributed by atoms with Crippen molar-refractivity contribution in [2.75, 3.05) is 13.2 Å². The van der Waals surface area contributed by atoms with Gasteiger partial charge in [0.05, 0.1) is 13.2 Å². The number of carbonyl (C=O) groups excluding carboxylic acids is 1. The number of ether oxygens (including phenoxy) is 2. The number of carbonyl (C=O) groups is 1. The lowest BCUT2D eigenvalue weighted by atomic mass is 10.1. The minimum atomic E-state index is -4.37. The van der Waals surface area contributed by atoms with E-state index in [1.807, 2.05) is 0 Å². The van der Waals surface area contributed by atoms with Crippen LogP contribution in [-0.2, 0) is 9.47 Å². The van der Waals surface area contributed by atoms with E-state index in [4.69, 9.17) is 0 Å². The molecule has 0 aromatic heterocycles. The molecule has 0 N–H and O–H groups in total. The van der Waals surface area contributed by atoms with E-state index in [1.54, 1.807) is 0 Å². The molecule has 2 atom stereocenters. The summed E-state index contributed by atoms with van der Waals surface area (Å²) < 4.78 is 80.6. The molecule has 0 aromatic rings. The van der Waals surface area contributed by atoms with Gasteiger partial charge in [-0.1, -0.05) is 13.8 Å². The normalized spacial score (nSPS) is 15.6. The van der Waals surface area contributed by atoms with Crippen LogP contribution in [0.3, 0.4) is 0 Å². The van der Waals surface area contributed by atoms with E-state index in [0.29, 0.717) is 0 Å². The van der Waals surface area contributed by atoms with Crippen molar-refractivity contribution in [3.63, 3.8) is 0 Å². The van der Waals surface area contributed by atoms with Crippen LogP contribution in [0.15, 0.2) is 0 Å². The fourth-order valence-electron chi connectivity index (χ4n) is 1.37. The van der Waals surface area contributed by atoms with Crippen molar-refractivity contribution >= 4 is 6.16 Å². The SMILES string of the molecule is CC(COC(=O)OCC(C)CC(F)(F)F)CC(F)(F)F. The fraction of sp³-hybridized carbons (Fsp3) is 0.909. The molecule has 0 bridgehead atoms. The maximum absolute atomic E-state index is 12.0. The van der Waals surface area contributed by atoms with Crippen LogP contribution in [0.2, 0.25) is 0 Å². The second-order valence-electron chi connectivity index (χ2n) is 4.72. The molecule has 2 unspecified atom stereocenters. The zero-order chi connectivity index (χ0) is 16.0. The van der Waals surface area contributed by atoms with Gasteiger partial charge < -0.3 is 9.47 Å². The van der Waals surface area contributed by atoms with E-state index in [0.717, 1.165) is 0 Å². The second kappa shape index (κ2) is 7.58. The second-order valence-corrected chi connectivity index (χ2v) is 4.72. The lowest BCUT2D eigenvalue weighted by molar-refractivity contribution is -0.147. The van der Waals surface area contributed by atoms with Gasteiger partial charge in [-0.15, -0.1) is 0 Å². The van der Waals surface area contributed by atoms with Gasteiger partial charge in [-0.3, -0.25) is 0 Å². The van der Waals surface area contributed by atoms with Crippen molar-refractivity contribution in [1.82, 2.24) is 0 Å². The summed E-state index contributed by atoms with van der Waals surface area (Å²) in [5.74, 6) is -1.90. The molecule has 0 aliphatic heterocycles. The fourth-order valence-corrected chi connectivity index (χ4v) is 1.37. The molecule has 120 valence electrons. The first kappa shape index (κ1) is 18.9. The summed E-state index contributed by atoms with van der Waals surface area (Å²) in [7, 11) is 0. The summed E-state index contributed by atoms with van der Waals surface area (Å²) in [6.07, 6.45) is -12.2. The van der Waals surface area contributed by atoms with Gasteiger partial charge >= 0.3 is 18.5 Å². The number of rotatable bonds is 6. The van der Waals surface area contributed by atoms with Gasteiger partial charge in [0.2, 0.25) is 0 Å². The molecule has 0 saturated carbocycles. The van der Waals surface area contributed by atoms with Gasteiger partial charge in [0.25, 0.3) is 0 Å². The van der Waals surface area contributed by atoms with Crippen molar-refractivity contribution in [2.45, 2.75) is 39.0 Å². The van der Waals surface area contributed by atoms with E-state index >= 15 is 0 Å². The van der Waals surface area contributed by atoms with Gasteiger partial charge in [0.1, 0.15) is 0 Å². The Balaban J connectivity index is 3.84. The Hall–Kier alpha value is -1.15. The molecule has 0 amide bonds. The molecular weight excluding hydrogens is 294 g/mol. The van der Waals surface area contributed by atoms with Gasteiger partial charge in [-0.25, -0.2) is 4.79 Å². The largest absolute Gasteiger partial charge is 0.508 e. The number of halogens is 6. The summed E-state index contributed by atoms with van der Waals surface area (Å²) >= 11 is 0. The molecule has 0 heterocycles. The number of hydrogen-bond acceptors (Lipinski definition) is 3. The van der Waals surface area contributed by atoms with Gasteiger partial charge in [-0.2, -0.15) is 26.3 Å². The lowest BCUT2D eigenvalue weighted by Gasteiger charge is -2.16. The average Bonchev–Trinajstić information content (AvgIpc) is 2.18. The van der Waals surface area contributed by atoms with Crippen LogP contribution in [-0.4, -0.2) is 31.7 Å². The summed E-state index contributed by atoms with van der Waals surface area (Å²) in [6.45, 7) is 1.44. The van der Waals surface area contributed by atoms with Crippen molar-refractivity contribution in [2.24, 2.45) is 11.8 Å². The maximum Gasteiger partial charge on any atom is 0.508 e. The Bertz CT molecular complexity index is 272. The molecule has 0 aliphatic carbocycles. The Kier molecular flexibility index (Phi) is 7.15. The summed E-state index contributed by atoms with van der Waals surface area (Å²) in [6, 6.07) is 0. The molecule has 3 nitrogen and oxygen atoms in total. The van der Waals surface area contributed by atoms with Crippen LogP contribution < -0.4 is 0 Å². The molecule has 0 saturated heterocycles. The minimum absolute atomic E-state index is 0.508. The van der Waals surface area contributed by atoms with E-state index in [1.165, 1.54) is 13.8 Å². The van der Waals surface area contributed by atoms with Crippen LogP contribution >= 0.6 is 0 Å². The molecular formula is C11H16F6O3. The first-order valence-corrected chi connectivity index (χ1v) is 5.82. The number of hydrogen-bond donors (Lipinski definition) is 0. The van der Waals surface area contributed by atoms with E-state index in [9.17, 15) is 31.1 Å². The maximum atomic E-state index is 12.0. The highest BCUT2D eigenvalue weighted by Gasteiger charge is 2.31. The summed E-state index contributed by atoms with van der Waals surface area (Å²) in [5, 5.41) is 0. The first-order valence-electron chi connectivity index (χ1n) is 5.82. The molecule has 0 aromatic carbocycles. The van der Waals surface area contributed by atoms with Gasteiger partial charge in [0.15, 0.2) is 0 Å². The zero-order valence-corrected chi connectivity index (χ0v) is 11.0. The van der Waals surface area contributed by atoms with Crippen LogP contribution in [0, 0.1) is 11.8 Å². The molecule has 0 radical (unpaired) electrons. The highest BCUT2D eigenvalue weighted by Crippen LogP contribution is 2.25. The standard InChI is InChI=1S/C11H16F6O3/c1-7(3-10(12,13)14)5-19-9(18)20-6-8(2)4-11(15,16)17/h7-8H,3-6H2,1-2H3. The predicted octanol–water partition coefficient (Wildman–Crippen LogP) is 4.32. The third-order valence-corrected chi connectivity index (χ3v) is 2.13. The monoisotopic (exact) mass is 310 g/mol. The smallest absolute Gasteiger partial charge is 0.434 e. The first-order chi connectivity index (χ1) is 8.89. The van der Waals surface area contributed by atoms with Crippen molar-refractivity contribution in [1.29, 1.82) is 0 Å². The highest BCUT2D eigenvalue weighted by atomic mass is 19.4. The summed E-state index contributed by atoms with van der Waals surface area (Å²) in [5.41, 5.74) is 0. The molecule has 0 aliphatic rings. The van der Waals surface area contributed by atoms with Crippen molar-refractivity contribution < 1.29 is 40.6 Å². The van der Waals surface area contributed by atoms with E-state index in [2.05, 4.69) is 9.47 Å². The van der Waals surface area contributed by atoms with Crippen molar-refractivity contribution in [3.8, 4) is 0 Å². The molecule has 9 heteroatoms. The molecule has 0 fully saturated rings. The van der Waals surface area contributed by atoms with E-state index in [-0.39, 0.29) is 0 Å². The topological polar surface area (TPSA) is 35.5 Å². The highest BCUT2D eigenvalue weighted by molar-refractivity contribution is 5.59. The average molecular weight is 310 g/mol. The quantitative estimate of drug-likeness (QED) is 0.541.